The zero-order chi connectivity index (χ0) is 20.3. The van der Waals surface area contributed by atoms with E-state index in [0.29, 0.717) is 22.8 Å². The van der Waals surface area contributed by atoms with Crippen LogP contribution in [0.3, 0.4) is 0 Å². The Hall–Kier alpha value is -3.61. The molecule has 0 aliphatic rings. The minimum atomic E-state index is -0.900. The van der Waals surface area contributed by atoms with E-state index in [9.17, 15) is 14.7 Å². The van der Waals surface area contributed by atoms with E-state index in [-0.39, 0.29) is 24.2 Å². The van der Waals surface area contributed by atoms with E-state index >= 15 is 0 Å². The molecular weight excluding hydrogens is 360 g/mol. The number of hydrogen-bond donors (Lipinski definition) is 3. The fourth-order valence-electron chi connectivity index (χ4n) is 2.92. The van der Waals surface area contributed by atoms with Gasteiger partial charge in [0.05, 0.1) is 17.7 Å². The number of hydrogen-bond acceptors (Lipinski definition) is 5. The van der Waals surface area contributed by atoms with Crippen molar-refractivity contribution in [1.82, 2.24) is 5.43 Å². The molecule has 2 aromatic carbocycles. The van der Waals surface area contributed by atoms with Gasteiger partial charge >= 0.3 is 5.97 Å². The number of amides is 1. The van der Waals surface area contributed by atoms with Gasteiger partial charge in [0.25, 0.3) is 5.91 Å². The minimum Gasteiger partial charge on any atom is -0.507 e. The molecule has 0 saturated carbocycles. The zero-order valence-electron chi connectivity index (χ0n) is 15.5. The first-order chi connectivity index (χ1) is 13.3. The van der Waals surface area contributed by atoms with E-state index in [2.05, 4.69) is 10.5 Å². The molecule has 28 heavy (non-hydrogen) atoms. The van der Waals surface area contributed by atoms with E-state index in [0.717, 1.165) is 10.8 Å². The number of aromatic hydroxyl groups is 1. The highest BCUT2D eigenvalue weighted by Crippen LogP contribution is 2.25. The highest BCUT2D eigenvalue weighted by molar-refractivity contribution is 6.04. The van der Waals surface area contributed by atoms with Gasteiger partial charge in [-0.3, -0.25) is 9.59 Å². The molecule has 0 atom stereocenters. The van der Waals surface area contributed by atoms with Crippen molar-refractivity contribution < 1.29 is 24.2 Å². The van der Waals surface area contributed by atoms with Crippen molar-refractivity contribution in [2.45, 2.75) is 26.7 Å². The van der Waals surface area contributed by atoms with Crippen LogP contribution >= 0.6 is 0 Å². The summed E-state index contributed by atoms with van der Waals surface area (Å²) in [6.45, 7) is 3.45. The third kappa shape index (κ3) is 4.20. The van der Waals surface area contributed by atoms with Crippen LogP contribution in [-0.4, -0.2) is 27.8 Å². The van der Waals surface area contributed by atoms with Gasteiger partial charge in [0.15, 0.2) is 0 Å². The third-order valence-electron chi connectivity index (χ3n) is 4.38. The van der Waals surface area contributed by atoms with Gasteiger partial charge < -0.3 is 14.6 Å². The van der Waals surface area contributed by atoms with Gasteiger partial charge in [-0.1, -0.05) is 24.3 Å². The van der Waals surface area contributed by atoms with Crippen molar-refractivity contribution in [1.29, 1.82) is 0 Å². The molecule has 0 aliphatic heterocycles. The molecule has 0 spiro atoms. The van der Waals surface area contributed by atoms with E-state index < -0.39 is 11.9 Å². The van der Waals surface area contributed by atoms with Gasteiger partial charge in [0, 0.05) is 12.0 Å². The Labute approximate surface area is 161 Å². The minimum absolute atomic E-state index is 0.0272. The zero-order valence-corrected chi connectivity index (χ0v) is 15.5. The number of fused-ring (bicyclic) bond motifs is 1. The first-order valence-corrected chi connectivity index (χ1v) is 8.73. The number of carboxylic acid groups (broad SMARTS) is 1. The SMILES string of the molecule is C/C(=N/NC(=O)c1cc2ccccc2cc1O)c1cc(CCC(=O)O)oc1C. The molecule has 3 aromatic rings. The fourth-order valence-corrected chi connectivity index (χ4v) is 2.92. The number of carboxylic acids is 1. The molecule has 0 aliphatic carbocycles. The van der Waals surface area contributed by atoms with Crippen LogP contribution in [0.15, 0.2) is 52.0 Å². The molecule has 0 saturated heterocycles. The molecule has 0 radical (unpaired) electrons. The Morgan fingerprint density at radius 3 is 2.46 bits per heavy atom. The Bertz CT molecular complexity index is 1080. The van der Waals surface area contributed by atoms with Crippen molar-refractivity contribution in [2.75, 3.05) is 0 Å². The Balaban J connectivity index is 1.77. The maximum absolute atomic E-state index is 12.4. The maximum atomic E-state index is 12.4. The van der Waals surface area contributed by atoms with Crippen LogP contribution in [0.25, 0.3) is 10.8 Å². The summed E-state index contributed by atoms with van der Waals surface area (Å²) in [5, 5.41) is 24.7. The second-order valence-electron chi connectivity index (χ2n) is 6.43. The highest BCUT2D eigenvalue weighted by Gasteiger charge is 2.14. The van der Waals surface area contributed by atoms with Crippen LogP contribution < -0.4 is 5.43 Å². The van der Waals surface area contributed by atoms with Gasteiger partial charge in [-0.15, -0.1) is 0 Å². The smallest absolute Gasteiger partial charge is 0.303 e. The normalized spacial score (nSPS) is 11.6. The molecule has 144 valence electrons. The van der Waals surface area contributed by atoms with Crippen molar-refractivity contribution in [3.05, 3.63) is 65.1 Å². The summed E-state index contributed by atoms with van der Waals surface area (Å²) in [7, 11) is 0. The molecule has 0 unspecified atom stereocenters. The van der Waals surface area contributed by atoms with E-state index in [1.54, 1.807) is 26.0 Å². The molecule has 0 fully saturated rings. The monoisotopic (exact) mass is 380 g/mol. The molecule has 1 aromatic heterocycles. The number of nitrogens with zero attached hydrogens (tertiary/aromatic N) is 1. The summed E-state index contributed by atoms with van der Waals surface area (Å²) in [5.74, 6) is -0.426. The molecule has 0 bridgehead atoms. The third-order valence-corrected chi connectivity index (χ3v) is 4.38. The summed E-state index contributed by atoms with van der Waals surface area (Å²) >= 11 is 0. The van der Waals surface area contributed by atoms with Crippen molar-refractivity contribution >= 4 is 28.4 Å². The van der Waals surface area contributed by atoms with Crippen molar-refractivity contribution in [3.8, 4) is 5.75 Å². The number of rotatable bonds is 6. The summed E-state index contributed by atoms with van der Waals surface area (Å²) in [6, 6.07) is 12.3. The lowest BCUT2D eigenvalue weighted by atomic mass is 10.1. The number of furan rings is 1. The van der Waals surface area contributed by atoms with Crippen LogP contribution in [0.1, 0.15) is 40.8 Å². The Morgan fingerprint density at radius 1 is 1.11 bits per heavy atom. The first kappa shape index (κ1) is 19.2. The van der Waals surface area contributed by atoms with E-state index in [4.69, 9.17) is 9.52 Å². The lowest BCUT2D eigenvalue weighted by Crippen LogP contribution is -2.19. The molecule has 7 nitrogen and oxygen atoms in total. The van der Waals surface area contributed by atoms with Gasteiger partial charge in [-0.05, 0) is 42.8 Å². The number of hydrazone groups is 1. The molecule has 3 N–H and O–H groups in total. The number of phenols is 1. The summed E-state index contributed by atoms with van der Waals surface area (Å²) < 4.78 is 5.55. The molecule has 1 amide bonds. The molecule has 3 rings (SSSR count). The van der Waals surface area contributed by atoms with Crippen molar-refractivity contribution in [3.63, 3.8) is 0 Å². The number of aryl methyl sites for hydroxylation is 2. The van der Waals surface area contributed by atoms with Gasteiger partial charge in [-0.25, -0.2) is 5.43 Å². The van der Waals surface area contributed by atoms with Crippen LogP contribution in [0.2, 0.25) is 0 Å². The van der Waals surface area contributed by atoms with Gasteiger partial charge in [0.1, 0.15) is 17.3 Å². The summed E-state index contributed by atoms with van der Waals surface area (Å²) in [4.78, 5) is 23.1. The van der Waals surface area contributed by atoms with Crippen LogP contribution in [0.5, 0.6) is 5.75 Å². The molecule has 1 heterocycles. The lowest BCUT2D eigenvalue weighted by molar-refractivity contribution is -0.137. The predicted octanol–water partition coefficient (Wildman–Crippen LogP) is 3.62. The lowest BCUT2D eigenvalue weighted by Gasteiger charge is -2.06. The van der Waals surface area contributed by atoms with Crippen LogP contribution in [-0.2, 0) is 11.2 Å². The number of nitrogens with one attached hydrogen (secondary N) is 1. The number of benzene rings is 2. The van der Waals surface area contributed by atoms with E-state index in [1.807, 2.05) is 24.3 Å². The summed E-state index contributed by atoms with van der Waals surface area (Å²) in [6.07, 6.45) is 0.251. The Morgan fingerprint density at radius 2 is 1.79 bits per heavy atom. The summed E-state index contributed by atoms with van der Waals surface area (Å²) in [5.41, 5.74) is 3.76. The maximum Gasteiger partial charge on any atom is 0.303 e. The number of carbonyl (C=O) groups is 2. The van der Waals surface area contributed by atoms with Crippen LogP contribution in [0.4, 0.5) is 0 Å². The van der Waals surface area contributed by atoms with Crippen molar-refractivity contribution in [2.24, 2.45) is 5.10 Å². The molecule has 7 heteroatoms. The van der Waals surface area contributed by atoms with Gasteiger partial charge in [-0.2, -0.15) is 5.10 Å². The molecular formula is C21H20N2O5. The number of phenolic OH excluding ortho intramolecular Hbond substituents is 1. The Kier molecular flexibility index (Phi) is 5.44. The number of aliphatic carboxylic acids is 1. The predicted molar refractivity (Wildman–Crippen MR) is 105 cm³/mol. The fraction of sp³-hybridized carbons (Fsp3) is 0.190. The first-order valence-electron chi connectivity index (χ1n) is 8.73. The quantitative estimate of drug-likeness (QED) is 0.447. The largest absolute Gasteiger partial charge is 0.507 e. The van der Waals surface area contributed by atoms with E-state index in [1.165, 1.54) is 6.07 Å². The standard InChI is InChI=1S/C21H20N2O5/c1-12(17-11-16(28-13(17)2)7-8-20(25)26)22-23-21(27)18-9-14-5-3-4-6-15(14)10-19(18)24/h3-6,9-11,24H,7-8H2,1-2H3,(H,23,27)(H,25,26)/b22-12-. The highest BCUT2D eigenvalue weighted by atomic mass is 16.4. The second kappa shape index (κ2) is 7.96. The second-order valence-corrected chi connectivity index (χ2v) is 6.43. The topological polar surface area (TPSA) is 112 Å². The average molecular weight is 380 g/mol. The van der Waals surface area contributed by atoms with Crippen LogP contribution in [0, 0.1) is 6.92 Å². The average Bonchev–Trinajstić information content (AvgIpc) is 3.04. The number of carbonyl (C=O) groups excluding carboxylic acids is 1. The van der Waals surface area contributed by atoms with Gasteiger partial charge in [0.2, 0.25) is 0 Å².